The molecule has 0 aromatic rings. The summed E-state index contributed by atoms with van der Waals surface area (Å²) in [7, 11) is 0. The van der Waals surface area contributed by atoms with Crippen molar-refractivity contribution in [2.24, 2.45) is 5.92 Å². The quantitative estimate of drug-likeness (QED) is 0.843. The summed E-state index contributed by atoms with van der Waals surface area (Å²) in [6.07, 6.45) is 3.76. The molecule has 0 bridgehead atoms. The van der Waals surface area contributed by atoms with Crippen molar-refractivity contribution in [3.8, 4) is 0 Å². The van der Waals surface area contributed by atoms with Gasteiger partial charge in [-0.1, -0.05) is 13.3 Å². The van der Waals surface area contributed by atoms with Gasteiger partial charge in [-0.15, -0.1) is 0 Å². The second-order valence-corrected chi connectivity index (χ2v) is 6.00. The van der Waals surface area contributed by atoms with Gasteiger partial charge in [0.1, 0.15) is 0 Å². The van der Waals surface area contributed by atoms with Crippen LogP contribution in [0.5, 0.6) is 0 Å². The number of aliphatic hydroxyl groups excluding tert-OH is 1. The molecule has 4 atom stereocenters. The Balaban J connectivity index is 1.92. The van der Waals surface area contributed by atoms with Crippen LogP contribution in [0.1, 0.15) is 39.5 Å². The maximum Gasteiger partial charge on any atom is 0.226 e. The Bertz CT molecular complexity index is 321. The molecule has 0 radical (unpaired) electrons. The fourth-order valence-corrected chi connectivity index (χ4v) is 3.21. The van der Waals surface area contributed by atoms with Crippen LogP contribution in [-0.2, 0) is 14.3 Å². The van der Waals surface area contributed by atoms with Crippen LogP contribution in [0, 0.1) is 5.92 Å². The number of carbonyl (C=O) groups excluding carboxylic acids is 1. The molecule has 0 saturated carbocycles. The van der Waals surface area contributed by atoms with Crippen molar-refractivity contribution in [3.63, 3.8) is 0 Å². The first-order chi connectivity index (χ1) is 9.63. The van der Waals surface area contributed by atoms with E-state index in [-0.39, 0.29) is 36.7 Å². The SMILES string of the molecule is CCCC1CC(C(=O)N2CC(C)OC(CO)C2)CCO1. The zero-order chi connectivity index (χ0) is 14.5. The summed E-state index contributed by atoms with van der Waals surface area (Å²) in [6.45, 7) is 5.89. The molecule has 0 aliphatic carbocycles. The van der Waals surface area contributed by atoms with Gasteiger partial charge in [-0.3, -0.25) is 4.79 Å². The van der Waals surface area contributed by atoms with Crippen molar-refractivity contribution >= 4 is 5.91 Å². The van der Waals surface area contributed by atoms with Gasteiger partial charge >= 0.3 is 0 Å². The molecule has 0 spiro atoms. The topological polar surface area (TPSA) is 59.0 Å². The highest BCUT2D eigenvalue weighted by Gasteiger charge is 2.34. The lowest BCUT2D eigenvalue weighted by molar-refractivity contribution is -0.155. The number of rotatable bonds is 4. The van der Waals surface area contributed by atoms with Crippen molar-refractivity contribution in [3.05, 3.63) is 0 Å². The molecular weight excluding hydrogens is 258 g/mol. The van der Waals surface area contributed by atoms with E-state index in [1.54, 1.807) is 0 Å². The van der Waals surface area contributed by atoms with Crippen LogP contribution in [0.4, 0.5) is 0 Å². The molecule has 2 saturated heterocycles. The molecule has 0 aromatic carbocycles. The van der Waals surface area contributed by atoms with E-state index in [1.165, 1.54) is 0 Å². The Morgan fingerprint density at radius 2 is 2.15 bits per heavy atom. The van der Waals surface area contributed by atoms with Crippen LogP contribution < -0.4 is 0 Å². The van der Waals surface area contributed by atoms with E-state index >= 15 is 0 Å². The van der Waals surface area contributed by atoms with Gasteiger partial charge in [-0.05, 0) is 26.2 Å². The van der Waals surface area contributed by atoms with Gasteiger partial charge in [0.2, 0.25) is 5.91 Å². The molecule has 2 heterocycles. The summed E-state index contributed by atoms with van der Waals surface area (Å²) in [5.41, 5.74) is 0. The first-order valence-corrected chi connectivity index (χ1v) is 7.80. The van der Waals surface area contributed by atoms with Gasteiger partial charge in [0.15, 0.2) is 0 Å². The fourth-order valence-electron chi connectivity index (χ4n) is 3.21. The third kappa shape index (κ3) is 3.93. The van der Waals surface area contributed by atoms with Crippen molar-refractivity contribution < 1.29 is 19.4 Å². The molecule has 20 heavy (non-hydrogen) atoms. The molecule has 116 valence electrons. The maximum atomic E-state index is 12.6. The van der Waals surface area contributed by atoms with Crippen molar-refractivity contribution in [2.45, 2.75) is 57.8 Å². The van der Waals surface area contributed by atoms with E-state index in [2.05, 4.69) is 6.92 Å². The van der Waals surface area contributed by atoms with E-state index in [4.69, 9.17) is 9.47 Å². The second kappa shape index (κ2) is 7.38. The Hall–Kier alpha value is -0.650. The first kappa shape index (κ1) is 15.7. The van der Waals surface area contributed by atoms with Crippen molar-refractivity contribution in [1.82, 2.24) is 4.90 Å². The molecule has 4 unspecified atom stereocenters. The van der Waals surface area contributed by atoms with Crippen molar-refractivity contribution in [1.29, 1.82) is 0 Å². The predicted octanol–water partition coefficient (Wildman–Crippen LogP) is 1.19. The van der Waals surface area contributed by atoms with E-state index < -0.39 is 0 Å². The Morgan fingerprint density at radius 1 is 1.35 bits per heavy atom. The molecule has 2 aliphatic rings. The molecule has 0 aromatic heterocycles. The van der Waals surface area contributed by atoms with Gasteiger partial charge in [-0.2, -0.15) is 0 Å². The summed E-state index contributed by atoms with van der Waals surface area (Å²) in [5, 5.41) is 9.25. The molecule has 5 nitrogen and oxygen atoms in total. The third-order valence-electron chi connectivity index (χ3n) is 4.17. The van der Waals surface area contributed by atoms with Crippen molar-refractivity contribution in [2.75, 3.05) is 26.3 Å². The van der Waals surface area contributed by atoms with E-state index in [0.29, 0.717) is 19.7 Å². The minimum absolute atomic E-state index is 0.00358. The van der Waals surface area contributed by atoms with Gasteiger partial charge in [0.25, 0.3) is 0 Å². The van der Waals surface area contributed by atoms with E-state index in [0.717, 1.165) is 25.7 Å². The smallest absolute Gasteiger partial charge is 0.226 e. The number of ether oxygens (including phenoxy) is 2. The summed E-state index contributed by atoms with van der Waals surface area (Å²) in [6, 6.07) is 0. The Kier molecular flexibility index (Phi) is 5.81. The number of aliphatic hydroxyl groups is 1. The van der Waals surface area contributed by atoms with Gasteiger partial charge in [-0.25, -0.2) is 0 Å². The lowest BCUT2D eigenvalue weighted by atomic mass is 9.92. The lowest BCUT2D eigenvalue weighted by Crippen LogP contribution is -2.52. The van der Waals surface area contributed by atoms with Gasteiger partial charge in [0.05, 0.1) is 24.9 Å². The number of carbonyl (C=O) groups is 1. The third-order valence-corrected chi connectivity index (χ3v) is 4.17. The largest absolute Gasteiger partial charge is 0.394 e. The van der Waals surface area contributed by atoms with Gasteiger partial charge in [0, 0.05) is 25.6 Å². The maximum absolute atomic E-state index is 12.6. The van der Waals surface area contributed by atoms with Gasteiger partial charge < -0.3 is 19.5 Å². The van der Waals surface area contributed by atoms with Crippen LogP contribution in [0.2, 0.25) is 0 Å². The predicted molar refractivity (Wildman–Crippen MR) is 75.4 cm³/mol. The first-order valence-electron chi connectivity index (χ1n) is 7.80. The Labute approximate surface area is 121 Å². The average molecular weight is 285 g/mol. The zero-order valence-electron chi connectivity index (χ0n) is 12.6. The minimum Gasteiger partial charge on any atom is -0.394 e. The monoisotopic (exact) mass is 285 g/mol. The molecule has 1 N–H and O–H groups in total. The number of amides is 1. The van der Waals surface area contributed by atoms with Crippen LogP contribution in [0.15, 0.2) is 0 Å². The molecule has 2 rings (SSSR count). The zero-order valence-corrected chi connectivity index (χ0v) is 12.6. The molecular formula is C15H27NO4. The Morgan fingerprint density at radius 3 is 2.85 bits per heavy atom. The standard InChI is InChI=1S/C15H27NO4/c1-3-4-13-7-12(5-6-19-13)15(18)16-8-11(2)20-14(9-16)10-17/h11-14,17H,3-10H2,1-2H3. The number of hydrogen-bond acceptors (Lipinski definition) is 4. The molecule has 2 aliphatic heterocycles. The van der Waals surface area contributed by atoms with E-state index in [9.17, 15) is 9.90 Å². The van der Waals surface area contributed by atoms with E-state index in [1.807, 2.05) is 11.8 Å². The highest BCUT2D eigenvalue weighted by atomic mass is 16.5. The summed E-state index contributed by atoms with van der Waals surface area (Å²) < 4.78 is 11.3. The number of nitrogens with zero attached hydrogens (tertiary/aromatic N) is 1. The molecule has 2 fully saturated rings. The lowest BCUT2D eigenvalue weighted by Gasteiger charge is -2.39. The molecule has 5 heteroatoms. The summed E-state index contributed by atoms with van der Waals surface area (Å²) in [5.74, 6) is 0.285. The highest BCUT2D eigenvalue weighted by molar-refractivity contribution is 5.79. The average Bonchev–Trinajstić information content (AvgIpc) is 2.46. The highest BCUT2D eigenvalue weighted by Crippen LogP contribution is 2.26. The number of hydrogen-bond donors (Lipinski definition) is 1. The van der Waals surface area contributed by atoms with Crippen LogP contribution in [-0.4, -0.2) is 60.5 Å². The van der Waals surface area contributed by atoms with Crippen LogP contribution in [0.3, 0.4) is 0 Å². The fraction of sp³-hybridized carbons (Fsp3) is 0.933. The minimum atomic E-state index is -0.242. The number of morpholine rings is 1. The summed E-state index contributed by atoms with van der Waals surface area (Å²) >= 11 is 0. The normalized spacial score (nSPS) is 35.0. The molecule has 1 amide bonds. The summed E-state index contributed by atoms with van der Waals surface area (Å²) in [4.78, 5) is 14.5. The van der Waals surface area contributed by atoms with Crippen LogP contribution >= 0.6 is 0 Å². The van der Waals surface area contributed by atoms with Crippen LogP contribution in [0.25, 0.3) is 0 Å². The second-order valence-electron chi connectivity index (χ2n) is 6.00.